The van der Waals surface area contributed by atoms with E-state index in [0.717, 1.165) is 69.5 Å². The van der Waals surface area contributed by atoms with Gasteiger partial charge in [0.15, 0.2) is 46.0 Å². The maximum atomic E-state index is 10.4. The topological polar surface area (TPSA) is 243 Å². The average molecular weight is 885 g/mol. The maximum absolute atomic E-state index is 10.4. The van der Waals surface area contributed by atoms with Crippen molar-refractivity contribution in [2.75, 3.05) is 0 Å². The van der Waals surface area contributed by atoms with Gasteiger partial charge in [-0.25, -0.2) is 0 Å². The first-order valence-electron chi connectivity index (χ1n) is 20.9. The normalized spacial score (nSPS) is 10.3. The second-order valence-electron chi connectivity index (χ2n) is 14.8. The van der Waals surface area contributed by atoms with Gasteiger partial charge in [0.1, 0.15) is 23.0 Å². The summed E-state index contributed by atoms with van der Waals surface area (Å²) in [5, 5.41) is 115. The Morgan fingerprint density at radius 2 is 0.508 bits per heavy atom. The van der Waals surface area contributed by atoms with E-state index in [9.17, 15) is 20.4 Å². The Balaban J connectivity index is 0.000000194. The van der Waals surface area contributed by atoms with E-state index in [4.69, 9.17) is 40.9 Å². The highest BCUT2D eigenvalue weighted by Gasteiger charge is 2.14. The second kappa shape index (κ2) is 23.4. The van der Waals surface area contributed by atoms with Gasteiger partial charge in [-0.3, -0.25) is 0 Å². The molecule has 0 aliphatic carbocycles. The first kappa shape index (κ1) is 49.5. The maximum Gasteiger partial charge on any atom is 0.157 e. The molecule has 0 aliphatic heterocycles. The summed E-state index contributed by atoms with van der Waals surface area (Å²) in [6, 6.07) is 36.1. The van der Waals surface area contributed by atoms with Gasteiger partial charge in [0.25, 0.3) is 0 Å². The Hall–Kier alpha value is -8.12. The second-order valence-corrected chi connectivity index (χ2v) is 14.8. The molecule has 0 saturated heterocycles. The monoisotopic (exact) mass is 884 g/mol. The Labute approximate surface area is 377 Å². The molecular weight excluding hydrogens is 829 g/mol. The summed E-state index contributed by atoms with van der Waals surface area (Å²) in [5.41, 5.74) is 5.32. The van der Waals surface area contributed by atoms with Crippen LogP contribution in [0.5, 0.6) is 69.0 Å². The summed E-state index contributed by atoms with van der Waals surface area (Å²) in [4.78, 5) is 0. The van der Waals surface area contributed by atoms with Crippen molar-refractivity contribution in [1.29, 1.82) is 0 Å². The molecule has 0 amide bonds. The van der Waals surface area contributed by atoms with E-state index in [-0.39, 0.29) is 75.4 Å². The lowest BCUT2D eigenvalue weighted by Gasteiger charge is -2.13. The number of rotatable bonds is 6. The van der Waals surface area contributed by atoms with Gasteiger partial charge in [-0.05, 0) is 154 Å². The van der Waals surface area contributed by atoms with Gasteiger partial charge >= 0.3 is 0 Å². The lowest BCUT2D eigenvalue weighted by atomic mass is 9.93. The molecule has 0 heterocycles. The molecule has 65 heavy (non-hydrogen) atoms. The van der Waals surface area contributed by atoms with E-state index in [1.54, 1.807) is 109 Å². The molecule has 0 spiro atoms. The molecule has 0 aliphatic rings. The minimum Gasteiger partial charge on any atom is -0.508 e. The summed E-state index contributed by atoms with van der Waals surface area (Å²) < 4.78 is 0. The Morgan fingerprint density at radius 3 is 0.754 bits per heavy atom. The molecule has 12 heteroatoms. The minimum absolute atomic E-state index is 0.0423. The molecule has 12 nitrogen and oxygen atoms in total. The number of phenolic OH excluding ortho intramolecular Hbond substituents is 12. The van der Waals surface area contributed by atoms with E-state index in [2.05, 4.69) is 0 Å². The van der Waals surface area contributed by atoms with Crippen molar-refractivity contribution in [1.82, 2.24) is 0 Å². The van der Waals surface area contributed by atoms with Crippen LogP contribution in [0.25, 0.3) is 21.5 Å². The predicted molar refractivity (Wildman–Crippen MR) is 254 cm³/mol. The number of benzene rings is 8. The van der Waals surface area contributed by atoms with Crippen molar-refractivity contribution in [3.63, 3.8) is 0 Å². The first-order valence-corrected chi connectivity index (χ1v) is 20.9. The molecule has 12 N–H and O–H groups in total. The Morgan fingerprint density at radius 1 is 0.262 bits per heavy atom. The van der Waals surface area contributed by atoms with Crippen molar-refractivity contribution in [2.45, 2.75) is 59.8 Å². The van der Waals surface area contributed by atoms with Gasteiger partial charge in [-0.15, -0.1) is 0 Å². The molecule has 0 saturated carbocycles. The number of fused-ring (bicyclic) bond motifs is 2. The molecule has 0 unspecified atom stereocenters. The van der Waals surface area contributed by atoms with Crippen molar-refractivity contribution in [2.24, 2.45) is 0 Å². The van der Waals surface area contributed by atoms with Crippen LogP contribution in [0.1, 0.15) is 61.1 Å². The minimum atomic E-state index is -0.0581. The standard InChI is InChI=1S/C21H16O4.4C8H10O2/c22-14-5-1-12-3-7-20(24)18(16(12)9-14)11-19-17-10-15(23)6-2-13(17)4-8-21(19)25;4*1-2-6-3-4-7(9)8(10)5-6/h1-10,22-25H,11H2;4*3-5,9-10H,2H2,1H3. The van der Waals surface area contributed by atoms with Gasteiger partial charge in [0, 0.05) is 17.5 Å². The van der Waals surface area contributed by atoms with Gasteiger partial charge in [-0.2, -0.15) is 0 Å². The van der Waals surface area contributed by atoms with Crippen LogP contribution in [0.4, 0.5) is 0 Å². The molecule has 8 aromatic carbocycles. The zero-order valence-corrected chi connectivity index (χ0v) is 36.6. The number of hydrogen-bond donors (Lipinski definition) is 12. The van der Waals surface area contributed by atoms with Crippen LogP contribution in [0.15, 0.2) is 133 Å². The van der Waals surface area contributed by atoms with Gasteiger partial charge < -0.3 is 61.3 Å². The van der Waals surface area contributed by atoms with E-state index in [0.29, 0.717) is 11.1 Å². The molecule has 0 radical (unpaired) electrons. The zero-order chi connectivity index (χ0) is 47.8. The van der Waals surface area contributed by atoms with Crippen LogP contribution in [0.3, 0.4) is 0 Å². The largest absolute Gasteiger partial charge is 0.508 e. The van der Waals surface area contributed by atoms with Gasteiger partial charge in [0.05, 0.1) is 0 Å². The molecule has 8 aromatic rings. The van der Waals surface area contributed by atoms with Crippen molar-refractivity contribution in [3.05, 3.63) is 167 Å². The molecule has 8 rings (SSSR count). The SMILES string of the molecule is CCc1ccc(O)c(O)c1.CCc1ccc(O)c(O)c1.CCc1ccc(O)c(O)c1.CCc1ccc(O)c(O)c1.Oc1ccc2ccc(O)c(Cc3c(O)ccc4ccc(O)cc34)c2c1. The third-order valence-corrected chi connectivity index (χ3v) is 10.3. The summed E-state index contributed by atoms with van der Waals surface area (Å²) in [5.74, 6) is 0.00350. The number of hydrogen-bond acceptors (Lipinski definition) is 12. The van der Waals surface area contributed by atoms with Crippen LogP contribution < -0.4 is 0 Å². The van der Waals surface area contributed by atoms with Gasteiger partial charge in [0.2, 0.25) is 0 Å². The summed E-state index contributed by atoms with van der Waals surface area (Å²) in [7, 11) is 0. The van der Waals surface area contributed by atoms with E-state index >= 15 is 0 Å². The van der Waals surface area contributed by atoms with Crippen LogP contribution in [0.2, 0.25) is 0 Å². The van der Waals surface area contributed by atoms with Crippen LogP contribution in [-0.2, 0) is 32.1 Å². The van der Waals surface area contributed by atoms with E-state index in [1.165, 1.54) is 24.3 Å². The van der Waals surface area contributed by atoms with Crippen molar-refractivity contribution >= 4 is 21.5 Å². The number of aryl methyl sites for hydroxylation is 4. The molecule has 0 atom stereocenters. The molecule has 0 bridgehead atoms. The number of aromatic hydroxyl groups is 12. The third-order valence-electron chi connectivity index (χ3n) is 10.3. The van der Waals surface area contributed by atoms with Crippen molar-refractivity contribution < 1.29 is 61.3 Å². The quantitative estimate of drug-likeness (QED) is 0.0698. The Bertz CT molecular complexity index is 2530. The van der Waals surface area contributed by atoms with Crippen LogP contribution >= 0.6 is 0 Å². The highest BCUT2D eigenvalue weighted by molar-refractivity contribution is 5.92. The molecule has 0 fully saturated rings. The van der Waals surface area contributed by atoms with Crippen LogP contribution in [-0.4, -0.2) is 61.3 Å². The predicted octanol–water partition coefficient (Wildman–Crippen LogP) is 11.0. The summed E-state index contributed by atoms with van der Waals surface area (Å²) in [6.45, 7) is 7.97. The zero-order valence-electron chi connectivity index (χ0n) is 36.6. The average Bonchev–Trinajstić information content (AvgIpc) is 3.30. The molecular formula is C53H56O12. The summed E-state index contributed by atoms with van der Waals surface area (Å²) in [6.07, 6.45) is 3.74. The fourth-order valence-corrected chi connectivity index (χ4v) is 6.42. The van der Waals surface area contributed by atoms with Gasteiger partial charge in [-0.1, -0.05) is 76.2 Å². The smallest absolute Gasteiger partial charge is 0.157 e. The highest BCUT2D eigenvalue weighted by Crippen LogP contribution is 2.37. The lowest BCUT2D eigenvalue weighted by Crippen LogP contribution is -1.94. The van der Waals surface area contributed by atoms with E-state index in [1.807, 2.05) is 27.7 Å². The number of phenols is 12. The highest BCUT2D eigenvalue weighted by atomic mass is 16.3. The fraction of sp³-hybridized carbons (Fsp3) is 0.170. The lowest BCUT2D eigenvalue weighted by molar-refractivity contribution is 0.403. The van der Waals surface area contributed by atoms with E-state index < -0.39 is 0 Å². The molecule has 0 aromatic heterocycles. The Kier molecular flexibility index (Phi) is 17.8. The third kappa shape index (κ3) is 13.9. The van der Waals surface area contributed by atoms with Crippen LogP contribution in [0, 0.1) is 0 Å². The fourth-order valence-electron chi connectivity index (χ4n) is 6.42. The van der Waals surface area contributed by atoms with Crippen molar-refractivity contribution in [3.8, 4) is 69.0 Å². The summed E-state index contributed by atoms with van der Waals surface area (Å²) >= 11 is 0. The molecule has 340 valence electrons. The first-order chi connectivity index (χ1) is 31.0.